The van der Waals surface area contributed by atoms with Crippen LogP contribution in [0.2, 0.25) is 0 Å². The van der Waals surface area contributed by atoms with Gasteiger partial charge < -0.3 is 10.0 Å². The standard InChI is InChI=1S/C21H24N2O2/c24-21(25)18-10-6-14-23(16-18)15-7-11-19(17-8-2-1-3-9-17)20-12-4-5-13-22-20/h1-5,8-9,11-13,18H,6-7,10,14-16H2,(H,24,25). The maximum Gasteiger partial charge on any atom is 0.307 e. The van der Waals surface area contributed by atoms with Crippen LogP contribution in [0.5, 0.6) is 0 Å². The van der Waals surface area contributed by atoms with E-state index in [9.17, 15) is 9.90 Å². The number of rotatable bonds is 6. The summed E-state index contributed by atoms with van der Waals surface area (Å²) in [6.45, 7) is 2.53. The number of piperidine rings is 1. The molecule has 1 atom stereocenters. The zero-order valence-electron chi connectivity index (χ0n) is 14.3. The van der Waals surface area contributed by atoms with Crippen LogP contribution in [0.3, 0.4) is 0 Å². The predicted octanol–water partition coefficient (Wildman–Crippen LogP) is 3.70. The molecule has 0 saturated carbocycles. The minimum Gasteiger partial charge on any atom is -0.481 e. The van der Waals surface area contributed by atoms with Crippen molar-refractivity contribution < 1.29 is 9.90 Å². The molecule has 1 N–H and O–H groups in total. The first kappa shape index (κ1) is 17.4. The first-order valence-corrected chi connectivity index (χ1v) is 8.86. The number of likely N-dealkylation sites (tertiary alicyclic amines) is 1. The van der Waals surface area contributed by atoms with Gasteiger partial charge in [-0.15, -0.1) is 0 Å². The maximum atomic E-state index is 11.2. The van der Waals surface area contributed by atoms with Crippen molar-refractivity contribution in [1.82, 2.24) is 9.88 Å². The number of hydrogen-bond donors (Lipinski definition) is 1. The predicted molar refractivity (Wildman–Crippen MR) is 99.2 cm³/mol. The normalized spacial score (nSPS) is 18.9. The molecule has 1 unspecified atom stereocenters. The van der Waals surface area contributed by atoms with Gasteiger partial charge in [0, 0.05) is 24.9 Å². The number of benzene rings is 1. The molecule has 0 spiro atoms. The summed E-state index contributed by atoms with van der Waals surface area (Å²) < 4.78 is 0. The summed E-state index contributed by atoms with van der Waals surface area (Å²) in [5, 5.41) is 9.22. The highest BCUT2D eigenvalue weighted by molar-refractivity contribution is 5.77. The van der Waals surface area contributed by atoms with E-state index in [0.29, 0.717) is 6.54 Å². The van der Waals surface area contributed by atoms with Crippen molar-refractivity contribution in [2.75, 3.05) is 19.6 Å². The third kappa shape index (κ3) is 4.77. The van der Waals surface area contributed by atoms with Crippen LogP contribution in [-0.4, -0.2) is 40.6 Å². The van der Waals surface area contributed by atoms with Crippen LogP contribution in [0.25, 0.3) is 5.57 Å². The Bertz CT molecular complexity index is 672. The molecule has 1 fully saturated rings. The van der Waals surface area contributed by atoms with Gasteiger partial charge in [0.05, 0.1) is 11.6 Å². The molecule has 0 amide bonds. The topological polar surface area (TPSA) is 53.4 Å². The van der Waals surface area contributed by atoms with E-state index in [-0.39, 0.29) is 5.92 Å². The Hall–Kier alpha value is -2.46. The summed E-state index contributed by atoms with van der Waals surface area (Å²) >= 11 is 0. The van der Waals surface area contributed by atoms with E-state index < -0.39 is 5.97 Å². The van der Waals surface area contributed by atoms with Gasteiger partial charge in [-0.2, -0.15) is 0 Å². The van der Waals surface area contributed by atoms with Gasteiger partial charge >= 0.3 is 5.97 Å². The molecule has 2 heterocycles. The summed E-state index contributed by atoms with van der Waals surface area (Å²) in [4.78, 5) is 18.0. The molecule has 1 aliphatic rings. The highest BCUT2D eigenvalue weighted by Crippen LogP contribution is 2.23. The number of pyridine rings is 1. The first-order chi connectivity index (χ1) is 12.2. The number of carboxylic acid groups (broad SMARTS) is 1. The molecule has 3 rings (SSSR count). The van der Waals surface area contributed by atoms with Crippen molar-refractivity contribution in [3.63, 3.8) is 0 Å². The lowest BCUT2D eigenvalue weighted by atomic mass is 9.97. The molecular formula is C21H24N2O2. The van der Waals surface area contributed by atoms with Crippen molar-refractivity contribution in [2.45, 2.75) is 19.3 Å². The van der Waals surface area contributed by atoms with Crippen LogP contribution < -0.4 is 0 Å². The van der Waals surface area contributed by atoms with E-state index >= 15 is 0 Å². The van der Waals surface area contributed by atoms with E-state index in [4.69, 9.17) is 0 Å². The zero-order chi connectivity index (χ0) is 17.5. The molecule has 0 radical (unpaired) electrons. The molecule has 1 aromatic carbocycles. The van der Waals surface area contributed by atoms with Crippen molar-refractivity contribution in [3.8, 4) is 0 Å². The number of aliphatic carboxylic acids is 1. The Morgan fingerprint density at radius 1 is 1.20 bits per heavy atom. The molecule has 4 heteroatoms. The molecule has 1 aromatic heterocycles. The number of carboxylic acids is 1. The molecule has 1 aliphatic heterocycles. The van der Waals surface area contributed by atoms with Gasteiger partial charge in [-0.3, -0.25) is 9.78 Å². The van der Waals surface area contributed by atoms with Gasteiger partial charge in [0.15, 0.2) is 0 Å². The van der Waals surface area contributed by atoms with Gasteiger partial charge in [-0.05, 0) is 43.5 Å². The molecule has 130 valence electrons. The molecule has 1 saturated heterocycles. The van der Waals surface area contributed by atoms with Crippen molar-refractivity contribution in [2.24, 2.45) is 5.92 Å². The lowest BCUT2D eigenvalue weighted by Crippen LogP contribution is -2.39. The van der Waals surface area contributed by atoms with E-state index in [0.717, 1.165) is 49.2 Å². The van der Waals surface area contributed by atoms with Crippen LogP contribution in [0.15, 0.2) is 60.8 Å². The van der Waals surface area contributed by atoms with Crippen LogP contribution in [-0.2, 0) is 4.79 Å². The Labute approximate surface area is 148 Å². The summed E-state index contributed by atoms with van der Waals surface area (Å²) in [5.41, 5.74) is 3.26. The average molecular weight is 336 g/mol. The number of nitrogens with zero attached hydrogens (tertiary/aromatic N) is 2. The second-order valence-electron chi connectivity index (χ2n) is 6.47. The molecule has 25 heavy (non-hydrogen) atoms. The Kier molecular flexibility index (Phi) is 5.96. The van der Waals surface area contributed by atoms with Crippen LogP contribution in [0, 0.1) is 5.92 Å². The van der Waals surface area contributed by atoms with Gasteiger partial charge in [0.1, 0.15) is 0 Å². The average Bonchev–Trinajstić information content (AvgIpc) is 2.67. The molecule has 2 aromatic rings. The Morgan fingerprint density at radius 3 is 2.72 bits per heavy atom. The smallest absolute Gasteiger partial charge is 0.307 e. The lowest BCUT2D eigenvalue weighted by Gasteiger charge is -2.30. The monoisotopic (exact) mass is 336 g/mol. The molecule has 4 nitrogen and oxygen atoms in total. The Balaban J connectivity index is 1.70. The van der Waals surface area contributed by atoms with E-state index in [1.54, 1.807) is 0 Å². The summed E-state index contributed by atoms with van der Waals surface area (Å²) in [5.74, 6) is -0.888. The molecule has 0 bridgehead atoms. The van der Waals surface area contributed by atoms with Gasteiger partial charge in [-0.25, -0.2) is 0 Å². The van der Waals surface area contributed by atoms with E-state index in [1.165, 1.54) is 0 Å². The van der Waals surface area contributed by atoms with Crippen molar-refractivity contribution in [3.05, 3.63) is 72.1 Å². The second kappa shape index (κ2) is 8.58. The number of aromatic nitrogens is 1. The summed E-state index contributed by atoms with van der Waals surface area (Å²) in [7, 11) is 0. The molecule has 0 aliphatic carbocycles. The highest BCUT2D eigenvalue weighted by atomic mass is 16.4. The third-order valence-electron chi connectivity index (χ3n) is 4.67. The van der Waals surface area contributed by atoms with Crippen molar-refractivity contribution in [1.29, 1.82) is 0 Å². The number of hydrogen-bond acceptors (Lipinski definition) is 3. The quantitative estimate of drug-likeness (QED) is 0.874. The second-order valence-corrected chi connectivity index (χ2v) is 6.47. The van der Waals surface area contributed by atoms with E-state index in [1.807, 2.05) is 42.6 Å². The van der Waals surface area contributed by atoms with Gasteiger partial charge in [0.25, 0.3) is 0 Å². The zero-order valence-corrected chi connectivity index (χ0v) is 14.3. The fraction of sp³-hybridized carbons (Fsp3) is 0.333. The first-order valence-electron chi connectivity index (χ1n) is 8.86. The maximum absolute atomic E-state index is 11.2. The fourth-order valence-electron chi connectivity index (χ4n) is 3.36. The fourth-order valence-corrected chi connectivity index (χ4v) is 3.36. The number of carbonyl (C=O) groups is 1. The third-order valence-corrected chi connectivity index (χ3v) is 4.67. The van der Waals surface area contributed by atoms with Crippen LogP contribution in [0.1, 0.15) is 30.5 Å². The SMILES string of the molecule is O=C(O)C1CCCN(CCC=C(c2ccccc2)c2ccccn2)C1. The van der Waals surface area contributed by atoms with Gasteiger partial charge in [0.2, 0.25) is 0 Å². The lowest BCUT2D eigenvalue weighted by molar-refractivity contribution is -0.143. The van der Waals surface area contributed by atoms with Crippen LogP contribution >= 0.6 is 0 Å². The van der Waals surface area contributed by atoms with Crippen molar-refractivity contribution >= 4 is 11.5 Å². The van der Waals surface area contributed by atoms with Gasteiger partial charge in [-0.1, -0.05) is 42.5 Å². The highest BCUT2D eigenvalue weighted by Gasteiger charge is 2.24. The van der Waals surface area contributed by atoms with Crippen LogP contribution in [0.4, 0.5) is 0 Å². The minimum atomic E-state index is -0.668. The molecular weight excluding hydrogens is 312 g/mol. The summed E-state index contributed by atoms with van der Waals surface area (Å²) in [6.07, 6.45) is 6.68. The minimum absolute atomic E-state index is 0.220. The van der Waals surface area contributed by atoms with E-state index in [2.05, 4.69) is 28.1 Å². The summed E-state index contributed by atoms with van der Waals surface area (Å²) in [6, 6.07) is 16.2. The largest absolute Gasteiger partial charge is 0.481 e. The Morgan fingerprint density at radius 2 is 2.00 bits per heavy atom.